The number of hydrogen-bond acceptors (Lipinski definition) is 5. The molecule has 0 atom stereocenters. The van der Waals surface area contributed by atoms with E-state index < -0.39 is 0 Å². The van der Waals surface area contributed by atoms with Crippen LogP contribution in [0.15, 0.2) is 58.5 Å². The van der Waals surface area contributed by atoms with Crippen molar-refractivity contribution in [1.82, 2.24) is 29.0 Å². The molecule has 1 aromatic carbocycles. The molecule has 9 heteroatoms. The van der Waals surface area contributed by atoms with Crippen molar-refractivity contribution in [3.63, 3.8) is 0 Å². The van der Waals surface area contributed by atoms with Crippen LogP contribution in [0.3, 0.4) is 0 Å². The first-order valence-corrected chi connectivity index (χ1v) is 9.30. The minimum atomic E-state index is -0.289. The minimum absolute atomic E-state index is 0.107. The van der Waals surface area contributed by atoms with Crippen molar-refractivity contribution in [1.29, 1.82) is 0 Å². The molecule has 0 aliphatic heterocycles. The summed E-state index contributed by atoms with van der Waals surface area (Å²) >= 11 is 0. The first kappa shape index (κ1) is 18.6. The first-order chi connectivity index (χ1) is 14.0. The molecule has 3 aromatic heterocycles. The first-order valence-electron chi connectivity index (χ1n) is 9.30. The third kappa shape index (κ3) is 3.66. The van der Waals surface area contributed by atoms with Crippen LogP contribution in [0.4, 0.5) is 0 Å². The van der Waals surface area contributed by atoms with Crippen LogP contribution in [0.25, 0.3) is 16.6 Å². The number of aryl methyl sites for hydroxylation is 2. The molecule has 0 saturated heterocycles. The molecule has 0 aliphatic rings. The standard InChI is InChI=1S/C20H20N6O3/c1-14-6-4-7-15-18(14)22-13-24(19(15)28)12-17(27)21-9-5-11-26-20(29)25-10-3-2-8-16(25)23-26/h2-4,6-8,10,13H,5,9,11-12H2,1H3,(H,21,27). The van der Waals surface area contributed by atoms with Gasteiger partial charge in [0.15, 0.2) is 5.65 Å². The second-order valence-electron chi connectivity index (χ2n) is 6.79. The zero-order valence-corrected chi connectivity index (χ0v) is 15.9. The molecule has 0 unspecified atom stereocenters. The van der Waals surface area contributed by atoms with Crippen LogP contribution in [0, 0.1) is 6.92 Å². The lowest BCUT2D eigenvalue weighted by Crippen LogP contribution is -2.33. The van der Waals surface area contributed by atoms with E-state index in [2.05, 4.69) is 15.4 Å². The monoisotopic (exact) mass is 392 g/mol. The van der Waals surface area contributed by atoms with Crippen LogP contribution in [0.1, 0.15) is 12.0 Å². The fourth-order valence-electron chi connectivity index (χ4n) is 3.23. The molecule has 1 N–H and O–H groups in total. The number of benzene rings is 1. The predicted octanol–water partition coefficient (Wildman–Crippen LogP) is 0.721. The summed E-state index contributed by atoms with van der Waals surface area (Å²) in [6.45, 7) is 2.54. The maximum atomic E-state index is 12.5. The molecular weight excluding hydrogens is 372 g/mol. The largest absolute Gasteiger partial charge is 0.354 e. The summed E-state index contributed by atoms with van der Waals surface area (Å²) in [5.74, 6) is -0.289. The molecule has 3 heterocycles. The van der Waals surface area contributed by atoms with E-state index in [0.717, 1.165) is 5.56 Å². The third-order valence-corrected chi connectivity index (χ3v) is 4.73. The normalized spacial score (nSPS) is 11.2. The molecule has 0 fully saturated rings. The van der Waals surface area contributed by atoms with Gasteiger partial charge in [-0.25, -0.2) is 14.5 Å². The highest BCUT2D eigenvalue weighted by Crippen LogP contribution is 2.11. The summed E-state index contributed by atoms with van der Waals surface area (Å²) in [6.07, 6.45) is 3.60. The molecule has 0 spiro atoms. The van der Waals surface area contributed by atoms with Crippen LogP contribution in [0.2, 0.25) is 0 Å². The lowest BCUT2D eigenvalue weighted by atomic mass is 10.1. The van der Waals surface area contributed by atoms with Crippen molar-refractivity contribution in [3.8, 4) is 0 Å². The van der Waals surface area contributed by atoms with Crippen molar-refractivity contribution in [2.24, 2.45) is 0 Å². The number of fused-ring (bicyclic) bond motifs is 2. The van der Waals surface area contributed by atoms with E-state index in [4.69, 9.17) is 0 Å². The van der Waals surface area contributed by atoms with Gasteiger partial charge in [-0.2, -0.15) is 0 Å². The molecule has 29 heavy (non-hydrogen) atoms. The number of nitrogens with zero attached hydrogens (tertiary/aromatic N) is 5. The Kier molecular flexibility index (Phi) is 4.94. The summed E-state index contributed by atoms with van der Waals surface area (Å²) in [4.78, 5) is 41.2. The van der Waals surface area contributed by atoms with Gasteiger partial charge in [-0.15, -0.1) is 5.10 Å². The van der Waals surface area contributed by atoms with Gasteiger partial charge in [0.05, 0.1) is 17.2 Å². The van der Waals surface area contributed by atoms with Gasteiger partial charge < -0.3 is 5.32 Å². The highest BCUT2D eigenvalue weighted by molar-refractivity contribution is 5.81. The molecule has 4 rings (SSSR count). The number of carbonyl (C=O) groups is 1. The summed E-state index contributed by atoms with van der Waals surface area (Å²) in [5, 5.41) is 7.50. The maximum absolute atomic E-state index is 12.5. The van der Waals surface area contributed by atoms with Crippen LogP contribution < -0.4 is 16.6 Å². The maximum Gasteiger partial charge on any atom is 0.350 e. The third-order valence-electron chi connectivity index (χ3n) is 4.73. The van der Waals surface area contributed by atoms with E-state index >= 15 is 0 Å². The van der Waals surface area contributed by atoms with Crippen LogP contribution in [-0.2, 0) is 17.9 Å². The summed E-state index contributed by atoms with van der Waals surface area (Å²) < 4.78 is 4.14. The van der Waals surface area contributed by atoms with Crippen molar-refractivity contribution < 1.29 is 4.79 Å². The summed E-state index contributed by atoms with van der Waals surface area (Å²) in [6, 6.07) is 10.7. The highest BCUT2D eigenvalue weighted by atomic mass is 16.2. The van der Waals surface area contributed by atoms with E-state index in [9.17, 15) is 14.4 Å². The van der Waals surface area contributed by atoms with Crippen molar-refractivity contribution in [2.75, 3.05) is 6.54 Å². The quantitative estimate of drug-likeness (QED) is 0.487. The van der Waals surface area contributed by atoms with Gasteiger partial charge in [-0.05, 0) is 37.1 Å². The number of pyridine rings is 1. The van der Waals surface area contributed by atoms with E-state index in [1.54, 1.807) is 30.5 Å². The zero-order valence-electron chi connectivity index (χ0n) is 15.9. The van der Waals surface area contributed by atoms with Crippen molar-refractivity contribution in [2.45, 2.75) is 26.4 Å². The van der Waals surface area contributed by atoms with Crippen LogP contribution in [0.5, 0.6) is 0 Å². The predicted molar refractivity (Wildman–Crippen MR) is 108 cm³/mol. The van der Waals surface area contributed by atoms with E-state index in [0.29, 0.717) is 36.1 Å². The Labute approximate surface area is 165 Å². The minimum Gasteiger partial charge on any atom is -0.354 e. The lowest BCUT2D eigenvalue weighted by molar-refractivity contribution is -0.121. The molecule has 0 bridgehead atoms. The number of nitrogens with one attached hydrogen (secondary N) is 1. The Morgan fingerprint density at radius 2 is 2.00 bits per heavy atom. The number of para-hydroxylation sites is 1. The van der Waals surface area contributed by atoms with Crippen molar-refractivity contribution in [3.05, 3.63) is 75.3 Å². The topological polar surface area (TPSA) is 103 Å². The highest BCUT2D eigenvalue weighted by Gasteiger charge is 2.10. The molecule has 4 aromatic rings. The number of hydrogen-bond donors (Lipinski definition) is 1. The van der Waals surface area contributed by atoms with E-state index in [-0.39, 0.29) is 23.7 Å². The van der Waals surface area contributed by atoms with Gasteiger partial charge in [-0.1, -0.05) is 18.2 Å². The van der Waals surface area contributed by atoms with Gasteiger partial charge in [0, 0.05) is 19.3 Å². The number of carbonyl (C=O) groups excluding carboxylic acids is 1. The Bertz CT molecular complexity index is 1320. The average molecular weight is 392 g/mol. The van der Waals surface area contributed by atoms with E-state index in [1.165, 1.54) is 20.0 Å². The Morgan fingerprint density at radius 3 is 2.83 bits per heavy atom. The molecule has 0 saturated carbocycles. The number of rotatable bonds is 6. The SMILES string of the molecule is Cc1cccc2c(=O)n(CC(=O)NCCCn3nc4ccccn4c3=O)cnc12. The molecule has 9 nitrogen and oxygen atoms in total. The Hall–Kier alpha value is -3.75. The van der Waals surface area contributed by atoms with Crippen LogP contribution in [-0.4, -0.2) is 36.2 Å². The van der Waals surface area contributed by atoms with Gasteiger partial charge in [-0.3, -0.25) is 18.6 Å². The molecule has 0 radical (unpaired) electrons. The van der Waals surface area contributed by atoms with Gasteiger partial charge in [0.2, 0.25) is 5.91 Å². The second kappa shape index (κ2) is 7.70. The average Bonchev–Trinajstić information content (AvgIpc) is 3.04. The Balaban J connectivity index is 1.35. The molecular formula is C20H20N6O3. The van der Waals surface area contributed by atoms with Crippen molar-refractivity contribution >= 4 is 22.5 Å². The van der Waals surface area contributed by atoms with Gasteiger partial charge in [0.1, 0.15) is 6.54 Å². The number of amides is 1. The smallest absolute Gasteiger partial charge is 0.350 e. The summed E-state index contributed by atoms with van der Waals surface area (Å²) in [7, 11) is 0. The fraction of sp³-hybridized carbons (Fsp3) is 0.250. The molecule has 0 aliphatic carbocycles. The Morgan fingerprint density at radius 1 is 1.14 bits per heavy atom. The molecule has 1 amide bonds. The van der Waals surface area contributed by atoms with E-state index in [1.807, 2.05) is 19.1 Å². The van der Waals surface area contributed by atoms with Gasteiger partial charge in [0.25, 0.3) is 5.56 Å². The summed E-state index contributed by atoms with van der Waals surface area (Å²) in [5.41, 5.74) is 1.69. The fourth-order valence-corrected chi connectivity index (χ4v) is 3.23. The molecule has 148 valence electrons. The lowest BCUT2D eigenvalue weighted by Gasteiger charge is -2.08. The van der Waals surface area contributed by atoms with Crippen LogP contribution >= 0.6 is 0 Å². The number of aromatic nitrogens is 5. The van der Waals surface area contributed by atoms with Gasteiger partial charge >= 0.3 is 5.69 Å². The zero-order chi connectivity index (χ0) is 20.4. The second-order valence-corrected chi connectivity index (χ2v) is 6.79.